The number of hydrogen-bond donors (Lipinski definition) is 0. The highest BCUT2D eigenvalue weighted by Gasteiger charge is 2.19. The number of hydrogen-bond acceptors (Lipinski definition) is 5. The maximum Gasteiger partial charge on any atom is 0.263 e. The van der Waals surface area contributed by atoms with Crippen LogP contribution in [0.1, 0.15) is 16.3 Å². The lowest BCUT2D eigenvalue weighted by molar-refractivity contribution is 0.0984. The van der Waals surface area contributed by atoms with E-state index >= 15 is 0 Å². The molecule has 22 heavy (non-hydrogen) atoms. The summed E-state index contributed by atoms with van der Waals surface area (Å²) in [4.78, 5) is 12.4. The van der Waals surface area contributed by atoms with Gasteiger partial charge in [0.25, 0.3) is 5.78 Å². The molecule has 0 amide bonds. The van der Waals surface area contributed by atoms with Crippen molar-refractivity contribution in [3.05, 3.63) is 72.6 Å². The first-order valence-electron chi connectivity index (χ1n) is 6.63. The van der Waals surface area contributed by atoms with Gasteiger partial charge in [-0.3, -0.25) is 4.79 Å². The fraction of sp³-hybridized carbons (Fsp3) is 0. The number of carbonyl (C=O) groups is 1. The summed E-state index contributed by atoms with van der Waals surface area (Å²) in [6.45, 7) is 0. The molecular weight excluding hydrogens is 284 g/mol. The predicted molar refractivity (Wildman–Crippen MR) is 76.3 cm³/mol. The van der Waals surface area contributed by atoms with Crippen molar-refractivity contribution < 1.29 is 22.5 Å². The molecule has 0 aliphatic carbocycles. The van der Waals surface area contributed by atoms with Gasteiger partial charge in [-0.15, -0.1) is 0 Å². The first kappa shape index (κ1) is 12.5. The minimum atomic E-state index is -0.337. The SMILES string of the molecule is O=C(c1ccc(-c2ccco2)o1)c1ccc(-c2ccco2)o1. The molecule has 0 atom stereocenters. The van der Waals surface area contributed by atoms with E-state index in [2.05, 4.69) is 0 Å². The number of carbonyl (C=O) groups excluding carboxylic acids is 1. The van der Waals surface area contributed by atoms with Crippen molar-refractivity contribution in [1.82, 2.24) is 0 Å². The zero-order valence-electron chi connectivity index (χ0n) is 11.3. The van der Waals surface area contributed by atoms with Gasteiger partial charge in [-0.05, 0) is 48.5 Å². The van der Waals surface area contributed by atoms with Gasteiger partial charge in [0.1, 0.15) is 0 Å². The lowest BCUT2D eigenvalue weighted by atomic mass is 10.2. The fourth-order valence-electron chi connectivity index (χ4n) is 2.14. The van der Waals surface area contributed by atoms with Crippen molar-refractivity contribution in [3.63, 3.8) is 0 Å². The summed E-state index contributed by atoms with van der Waals surface area (Å²) in [5.41, 5.74) is 0. The Kier molecular flexibility index (Phi) is 2.83. The van der Waals surface area contributed by atoms with Crippen LogP contribution in [0.4, 0.5) is 0 Å². The van der Waals surface area contributed by atoms with Gasteiger partial charge in [0.05, 0.1) is 12.5 Å². The molecule has 0 aliphatic heterocycles. The molecule has 0 spiro atoms. The van der Waals surface area contributed by atoms with Gasteiger partial charge in [0.15, 0.2) is 34.6 Å². The summed E-state index contributed by atoms with van der Waals surface area (Å²) in [6.07, 6.45) is 3.09. The standard InChI is InChI=1S/C17H10O5/c18-17(15-7-5-13(21-15)11-3-1-9-19-11)16-8-6-14(22-16)12-4-2-10-20-12/h1-10H. The van der Waals surface area contributed by atoms with Crippen LogP contribution in [0.3, 0.4) is 0 Å². The Hall–Kier alpha value is -3.21. The topological polar surface area (TPSA) is 69.6 Å². The molecule has 108 valence electrons. The molecule has 0 aromatic carbocycles. The molecule has 0 bridgehead atoms. The van der Waals surface area contributed by atoms with Gasteiger partial charge in [-0.1, -0.05) is 0 Å². The average Bonchev–Trinajstić information content (AvgIpc) is 3.35. The van der Waals surface area contributed by atoms with Crippen LogP contribution < -0.4 is 0 Å². The Morgan fingerprint density at radius 2 is 1.14 bits per heavy atom. The number of ketones is 1. The van der Waals surface area contributed by atoms with E-state index in [1.807, 2.05) is 0 Å². The Balaban J connectivity index is 1.62. The van der Waals surface area contributed by atoms with Crippen LogP contribution in [0.2, 0.25) is 0 Å². The van der Waals surface area contributed by atoms with E-state index in [1.165, 1.54) is 0 Å². The molecule has 0 N–H and O–H groups in total. The number of furan rings is 4. The highest BCUT2D eigenvalue weighted by atomic mass is 16.4. The molecule has 5 nitrogen and oxygen atoms in total. The van der Waals surface area contributed by atoms with Crippen LogP contribution in [0, 0.1) is 0 Å². The normalized spacial score (nSPS) is 10.9. The van der Waals surface area contributed by atoms with Crippen molar-refractivity contribution >= 4 is 5.78 Å². The zero-order chi connectivity index (χ0) is 14.9. The van der Waals surface area contributed by atoms with Crippen LogP contribution >= 0.6 is 0 Å². The van der Waals surface area contributed by atoms with Crippen LogP contribution in [-0.2, 0) is 0 Å². The first-order chi connectivity index (χ1) is 10.8. The first-order valence-corrected chi connectivity index (χ1v) is 6.63. The third-order valence-corrected chi connectivity index (χ3v) is 3.19. The van der Waals surface area contributed by atoms with Crippen molar-refractivity contribution in [2.75, 3.05) is 0 Å². The van der Waals surface area contributed by atoms with Gasteiger partial charge >= 0.3 is 0 Å². The van der Waals surface area contributed by atoms with E-state index in [-0.39, 0.29) is 17.3 Å². The second-order valence-electron chi connectivity index (χ2n) is 4.61. The maximum absolute atomic E-state index is 12.4. The predicted octanol–water partition coefficient (Wildman–Crippen LogP) is 4.62. The van der Waals surface area contributed by atoms with Crippen LogP contribution in [0.5, 0.6) is 0 Å². The van der Waals surface area contributed by atoms with E-state index in [0.29, 0.717) is 23.0 Å². The summed E-state index contributed by atoms with van der Waals surface area (Å²) in [5.74, 6) is 2.15. The second-order valence-corrected chi connectivity index (χ2v) is 4.61. The summed E-state index contributed by atoms with van der Waals surface area (Å²) >= 11 is 0. The van der Waals surface area contributed by atoms with Crippen LogP contribution in [0.15, 0.2) is 78.7 Å². The maximum atomic E-state index is 12.4. The minimum Gasteiger partial charge on any atom is -0.461 e. The fourth-order valence-corrected chi connectivity index (χ4v) is 2.14. The van der Waals surface area contributed by atoms with Crippen molar-refractivity contribution in [3.8, 4) is 23.0 Å². The Morgan fingerprint density at radius 1 is 0.636 bits per heavy atom. The molecule has 4 aromatic heterocycles. The molecule has 5 heteroatoms. The molecule has 0 saturated carbocycles. The quantitative estimate of drug-likeness (QED) is 0.513. The van der Waals surface area contributed by atoms with E-state index in [1.54, 1.807) is 61.1 Å². The van der Waals surface area contributed by atoms with Crippen molar-refractivity contribution in [2.45, 2.75) is 0 Å². The van der Waals surface area contributed by atoms with Gasteiger partial charge in [-0.25, -0.2) is 0 Å². The lowest BCUT2D eigenvalue weighted by Crippen LogP contribution is -1.96. The molecule has 4 heterocycles. The molecule has 0 unspecified atom stereocenters. The Bertz CT molecular complexity index is 816. The van der Waals surface area contributed by atoms with Crippen molar-refractivity contribution in [1.29, 1.82) is 0 Å². The minimum absolute atomic E-state index is 0.187. The third-order valence-electron chi connectivity index (χ3n) is 3.19. The molecule has 0 aliphatic rings. The van der Waals surface area contributed by atoms with E-state index in [9.17, 15) is 4.79 Å². The summed E-state index contributed by atoms with van der Waals surface area (Å²) < 4.78 is 21.5. The Morgan fingerprint density at radius 3 is 1.55 bits per heavy atom. The molecule has 4 aromatic rings. The monoisotopic (exact) mass is 294 g/mol. The summed E-state index contributed by atoms with van der Waals surface area (Å²) in [6, 6.07) is 13.6. The van der Waals surface area contributed by atoms with E-state index in [0.717, 1.165) is 0 Å². The smallest absolute Gasteiger partial charge is 0.263 e. The Labute approximate surface area is 124 Å². The molecular formula is C17H10O5. The van der Waals surface area contributed by atoms with Crippen LogP contribution in [-0.4, -0.2) is 5.78 Å². The summed E-state index contributed by atoms with van der Waals surface area (Å²) in [5, 5.41) is 0. The second kappa shape index (κ2) is 4.96. The van der Waals surface area contributed by atoms with Gasteiger partial charge < -0.3 is 17.7 Å². The van der Waals surface area contributed by atoms with Gasteiger partial charge in [-0.2, -0.15) is 0 Å². The highest BCUT2D eigenvalue weighted by molar-refractivity contribution is 6.05. The van der Waals surface area contributed by atoms with E-state index < -0.39 is 0 Å². The molecule has 0 radical (unpaired) electrons. The van der Waals surface area contributed by atoms with E-state index in [4.69, 9.17) is 17.7 Å². The zero-order valence-corrected chi connectivity index (χ0v) is 11.3. The highest BCUT2D eigenvalue weighted by Crippen LogP contribution is 2.26. The van der Waals surface area contributed by atoms with Crippen molar-refractivity contribution in [2.24, 2.45) is 0 Å². The molecule has 0 saturated heterocycles. The lowest BCUT2D eigenvalue weighted by Gasteiger charge is -1.94. The van der Waals surface area contributed by atoms with Crippen LogP contribution in [0.25, 0.3) is 23.0 Å². The average molecular weight is 294 g/mol. The summed E-state index contributed by atoms with van der Waals surface area (Å²) in [7, 11) is 0. The molecule has 0 fully saturated rings. The third kappa shape index (κ3) is 2.09. The number of rotatable bonds is 4. The van der Waals surface area contributed by atoms with Gasteiger partial charge in [0, 0.05) is 0 Å². The largest absolute Gasteiger partial charge is 0.461 e. The van der Waals surface area contributed by atoms with Gasteiger partial charge in [0.2, 0.25) is 0 Å². The molecule has 4 rings (SSSR count).